The van der Waals surface area contributed by atoms with Gasteiger partial charge >= 0.3 is 0 Å². The molecule has 1 aromatic carbocycles. The minimum absolute atomic E-state index is 0.0145. The lowest BCUT2D eigenvalue weighted by Crippen LogP contribution is -2.34. The Labute approximate surface area is 113 Å². The van der Waals surface area contributed by atoms with Crippen LogP contribution in [0.2, 0.25) is 0 Å². The molecular weight excluding hydrogens is 290 g/mol. The molecule has 0 aliphatic carbocycles. The second-order valence-electron chi connectivity index (χ2n) is 4.14. The Hall–Kier alpha value is -1.16. The molecule has 0 unspecified atom stereocenters. The van der Waals surface area contributed by atoms with Gasteiger partial charge in [0.1, 0.15) is 0 Å². The highest BCUT2D eigenvalue weighted by Crippen LogP contribution is 2.15. The molecule has 0 atom stereocenters. The summed E-state index contributed by atoms with van der Waals surface area (Å²) in [5.74, 6) is 0. The normalized spacial score (nSPS) is 12.5. The molecule has 0 bridgehead atoms. The smallest absolute Gasteiger partial charge is 0.240 e. The summed E-state index contributed by atoms with van der Waals surface area (Å²) in [6.07, 6.45) is 1.00. The monoisotopic (exact) mass is 307 g/mol. The van der Waals surface area contributed by atoms with Crippen molar-refractivity contribution in [2.24, 2.45) is 0 Å². The SMILES string of the molecule is Cc1cc(N)cc(S(=O)(=O)NCCNS(C)(=O)=O)c1. The standard InChI is InChI=1S/C10H17N3O4S2/c1-8-5-9(11)7-10(6-8)19(16,17)13-4-3-12-18(2,14)15/h5-7,12-13H,3-4,11H2,1-2H3. The van der Waals surface area contributed by atoms with E-state index in [1.807, 2.05) is 0 Å². The van der Waals surface area contributed by atoms with E-state index in [1.54, 1.807) is 13.0 Å². The van der Waals surface area contributed by atoms with Gasteiger partial charge in [-0.15, -0.1) is 0 Å². The Morgan fingerprint density at radius 3 is 2.16 bits per heavy atom. The first kappa shape index (κ1) is 15.9. The lowest BCUT2D eigenvalue weighted by molar-refractivity contribution is 0.573. The first-order chi connectivity index (χ1) is 8.60. The number of sulfonamides is 2. The van der Waals surface area contributed by atoms with E-state index in [4.69, 9.17) is 5.73 Å². The number of hydrogen-bond acceptors (Lipinski definition) is 5. The average molecular weight is 307 g/mol. The Morgan fingerprint density at radius 1 is 1.05 bits per heavy atom. The van der Waals surface area contributed by atoms with Crippen LogP contribution >= 0.6 is 0 Å². The molecule has 1 aromatic rings. The molecular formula is C10H17N3O4S2. The Morgan fingerprint density at radius 2 is 1.63 bits per heavy atom. The Bertz CT molecular complexity index is 633. The van der Waals surface area contributed by atoms with Gasteiger partial charge in [0.15, 0.2) is 0 Å². The Kier molecular flexibility index (Phi) is 4.91. The van der Waals surface area contributed by atoms with Crippen molar-refractivity contribution in [1.82, 2.24) is 9.44 Å². The van der Waals surface area contributed by atoms with Crippen LogP contribution in [0.25, 0.3) is 0 Å². The molecule has 1 rings (SSSR count). The lowest BCUT2D eigenvalue weighted by atomic mass is 10.2. The van der Waals surface area contributed by atoms with Gasteiger partial charge in [-0.25, -0.2) is 26.3 Å². The maximum Gasteiger partial charge on any atom is 0.240 e. The number of nitrogens with two attached hydrogens (primary N) is 1. The van der Waals surface area contributed by atoms with Gasteiger partial charge in [-0.05, 0) is 30.7 Å². The quantitative estimate of drug-likeness (QED) is 0.479. The fourth-order valence-electron chi connectivity index (χ4n) is 1.44. The molecule has 19 heavy (non-hydrogen) atoms. The molecule has 4 N–H and O–H groups in total. The molecule has 0 radical (unpaired) electrons. The summed E-state index contributed by atoms with van der Waals surface area (Å²) in [4.78, 5) is 0.0596. The lowest BCUT2D eigenvalue weighted by Gasteiger charge is -2.08. The number of rotatable bonds is 6. The third-order valence-electron chi connectivity index (χ3n) is 2.16. The van der Waals surface area contributed by atoms with Gasteiger partial charge in [0.05, 0.1) is 11.2 Å². The molecule has 0 aliphatic rings. The number of nitrogens with one attached hydrogen (secondary N) is 2. The highest BCUT2D eigenvalue weighted by molar-refractivity contribution is 7.89. The topological polar surface area (TPSA) is 118 Å². The summed E-state index contributed by atoms with van der Waals surface area (Å²) in [6.45, 7) is 1.68. The first-order valence-electron chi connectivity index (χ1n) is 5.42. The highest BCUT2D eigenvalue weighted by Gasteiger charge is 2.14. The van der Waals surface area contributed by atoms with E-state index in [0.29, 0.717) is 5.69 Å². The van der Waals surface area contributed by atoms with Crippen LogP contribution in [0, 0.1) is 6.92 Å². The van der Waals surface area contributed by atoms with E-state index in [2.05, 4.69) is 9.44 Å². The maximum atomic E-state index is 11.9. The number of benzene rings is 1. The van der Waals surface area contributed by atoms with E-state index in [9.17, 15) is 16.8 Å². The van der Waals surface area contributed by atoms with Crippen LogP contribution in [-0.2, 0) is 20.0 Å². The second kappa shape index (κ2) is 5.87. The van der Waals surface area contributed by atoms with Crippen molar-refractivity contribution in [2.75, 3.05) is 25.1 Å². The first-order valence-corrected chi connectivity index (χ1v) is 8.79. The highest BCUT2D eigenvalue weighted by atomic mass is 32.2. The van der Waals surface area contributed by atoms with Crippen molar-refractivity contribution in [3.05, 3.63) is 23.8 Å². The summed E-state index contributed by atoms with van der Waals surface area (Å²) in [7, 11) is -7.01. The molecule has 108 valence electrons. The minimum atomic E-state index is -3.69. The van der Waals surface area contributed by atoms with Crippen molar-refractivity contribution in [3.63, 3.8) is 0 Å². The zero-order valence-electron chi connectivity index (χ0n) is 10.7. The van der Waals surface area contributed by atoms with E-state index in [-0.39, 0.29) is 18.0 Å². The van der Waals surface area contributed by atoms with E-state index < -0.39 is 20.0 Å². The molecule has 0 spiro atoms. The fraction of sp³-hybridized carbons (Fsp3) is 0.400. The van der Waals surface area contributed by atoms with Crippen molar-refractivity contribution in [3.8, 4) is 0 Å². The van der Waals surface area contributed by atoms with Crippen LogP contribution in [-0.4, -0.2) is 36.2 Å². The predicted molar refractivity (Wildman–Crippen MR) is 73.6 cm³/mol. The van der Waals surface area contributed by atoms with Crippen molar-refractivity contribution in [2.45, 2.75) is 11.8 Å². The largest absolute Gasteiger partial charge is 0.399 e. The van der Waals surface area contributed by atoms with Gasteiger partial charge in [-0.1, -0.05) is 0 Å². The number of aryl methyl sites for hydroxylation is 1. The zero-order chi connectivity index (χ0) is 14.7. The van der Waals surface area contributed by atoms with Gasteiger partial charge in [-0.3, -0.25) is 0 Å². The predicted octanol–water partition coefficient (Wildman–Crippen LogP) is -0.595. The third-order valence-corrected chi connectivity index (χ3v) is 4.33. The van der Waals surface area contributed by atoms with Gasteiger partial charge < -0.3 is 5.73 Å². The van der Waals surface area contributed by atoms with Crippen molar-refractivity contribution in [1.29, 1.82) is 0 Å². The summed E-state index contributed by atoms with van der Waals surface area (Å²) >= 11 is 0. The summed E-state index contributed by atoms with van der Waals surface area (Å²) < 4.78 is 49.9. The third kappa shape index (κ3) is 5.55. The van der Waals surface area contributed by atoms with Crippen molar-refractivity contribution >= 4 is 25.7 Å². The van der Waals surface area contributed by atoms with Gasteiger partial charge in [-0.2, -0.15) is 0 Å². The molecule has 0 aromatic heterocycles. The molecule has 0 saturated carbocycles. The minimum Gasteiger partial charge on any atom is -0.399 e. The van der Waals surface area contributed by atoms with Gasteiger partial charge in [0.2, 0.25) is 20.0 Å². The van der Waals surface area contributed by atoms with Crippen molar-refractivity contribution < 1.29 is 16.8 Å². The molecule has 0 aliphatic heterocycles. The molecule has 9 heteroatoms. The van der Waals surface area contributed by atoms with E-state index in [0.717, 1.165) is 11.8 Å². The summed E-state index contributed by atoms with van der Waals surface area (Å²) in [5, 5.41) is 0. The number of anilines is 1. The van der Waals surface area contributed by atoms with Crippen LogP contribution in [0.5, 0.6) is 0 Å². The summed E-state index contributed by atoms with van der Waals surface area (Å²) in [5.41, 5.74) is 6.67. The number of hydrogen-bond donors (Lipinski definition) is 3. The van der Waals surface area contributed by atoms with Crippen LogP contribution in [0.15, 0.2) is 23.1 Å². The zero-order valence-corrected chi connectivity index (χ0v) is 12.3. The van der Waals surface area contributed by atoms with E-state index in [1.165, 1.54) is 12.1 Å². The second-order valence-corrected chi connectivity index (χ2v) is 7.74. The van der Waals surface area contributed by atoms with Crippen LogP contribution < -0.4 is 15.2 Å². The van der Waals surface area contributed by atoms with Gasteiger partial charge in [0, 0.05) is 18.8 Å². The summed E-state index contributed by atoms with van der Waals surface area (Å²) in [6, 6.07) is 4.49. The molecule has 0 saturated heterocycles. The van der Waals surface area contributed by atoms with Crippen LogP contribution in [0.1, 0.15) is 5.56 Å². The van der Waals surface area contributed by atoms with Crippen LogP contribution in [0.4, 0.5) is 5.69 Å². The average Bonchev–Trinajstić information content (AvgIpc) is 2.22. The molecule has 7 nitrogen and oxygen atoms in total. The van der Waals surface area contributed by atoms with Crippen LogP contribution in [0.3, 0.4) is 0 Å². The molecule has 0 fully saturated rings. The molecule has 0 heterocycles. The molecule has 0 amide bonds. The maximum absolute atomic E-state index is 11.9. The van der Waals surface area contributed by atoms with Gasteiger partial charge in [0.25, 0.3) is 0 Å². The fourth-order valence-corrected chi connectivity index (χ4v) is 3.08. The number of nitrogen functional groups attached to an aromatic ring is 1. The Balaban J connectivity index is 2.71. The van der Waals surface area contributed by atoms with E-state index >= 15 is 0 Å².